The van der Waals surface area contributed by atoms with E-state index < -0.39 is 15.9 Å². The standard InChI is InChI=1S/C20H22N4O4S2/c1-13-6-3-4-8-17(13)22-20(25)15-7-5-9-24(11-15)30(26,27)18-10-16(12-29-18)19-21-14(2)28-23-19/h3-4,6,8,10,12,15H,5,7,9,11H2,1-2H3,(H,22,25)/t15-/m0/s1. The molecule has 30 heavy (non-hydrogen) atoms. The lowest BCUT2D eigenvalue weighted by Gasteiger charge is -2.30. The number of thiophene rings is 1. The number of rotatable bonds is 5. The molecule has 0 radical (unpaired) electrons. The van der Waals surface area contributed by atoms with E-state index in [2.05, 4.69) is 15.5 Å². The molecule has 0 saturated carbocycles. The Bertz CT molecular complexity index is 1170. The average molecular weight is 447 g/mol. The van der Waals surface area contributed by atoms with Crippen molar-refractivity contribution in [3.63, 3.8) is 0 Å². The number of hydrogen-bond donors (Lipinski definition) is 1. The molecule has 1 saturated heterocycles. The zero-order valence-electron chi connectivity index (χ0n) is 16.7. The molecule has 10 heteroatoms. The number of aromatic nitrogens is 2. The third-order valence-corrected chi connectivity index (χ3v) is 8.39. The third kappa shape index (κ3) is 4.16. The number of anilines is 1. The molecule has 1 aliphatic heterocycles. The first-order chi connectivity index (χ1) is 14.3. The first-order valence-corrected chi connectivity index (χ1v) is 11.9. The van der Waals surface area contributed by atoms with E-state index in [0.717, 1.165) is 22.6 Å². The summed E-state index contributed by atoms with van der Waals surface area (Å²) in [6.07, 6.45) is 1.29. The lowest BCUT2D eigenvalue weighted by atomic mass is 9.98. The molecule has 0 aliphatic carbocycles. The highest BCUT2D eigenvalue weighted by Gasteiger charge is 2.34. The minimum atomic E-state index is -3.70. The zero-order chi connectivity index (χ0) is 21.3. The summed E-state index contributed by atoms with van der Waals surface area (Å²) in [5.41, 5.74) is 2.32. The van der Waals surface area contributed by atoms with E-state index >= 15 is 0 Å². The Balaban J connectivity index is 1.49. The fraction of sp³-hybridized carbons (Fsp3) is 0.350. The van der Waals surface area contributed by atoms with Gasteiger partial charge in [0.05, 0.1) is 5.92 Å². The summed E-state index contributed by atoms with van der Waals surface area (Å²) in [4.78, 5) is 16.9. The number of nitrogens with zero attached hydrogens (tertiary/aromatic N) is 3. The smallest absolute Gasteiger partial charge is 0.252 e. The van der Waals surface area contributed by atoms with E-state index in [1.807, 2.05) is 31.2 Å². The number of carbonyl (C=O) groups is 1. The van der Waals surface area contributed by atoms with Crippen molar-refractivity contribution >= 4 is 33.0 Å². The monoisotopic (exact) mass is 446 g/mol. The maximum absolute atomic E-state index is 13.2. The molecular formula is C20H22N4O4S2. The van der Waals surface area contributed by atoms with Crippen LogP contribution in [0.15, 0.2) is 44.4 Å². The van der Waals surface area contributed by atoms with Gasteiger partial charge in [-0.2, -0.15) is 9.29 Å². The molecule has 0 bridgehead atoms. The normalized spacial score (nSPS) is 17.7. The van der Waals surface area contributed by atoms with Gasteiger partial charge in [0.25, 0.3) is 10.0 Å². The summed E-state index contributed by atoms with van der Waals surface area (Å²) in [6, 6.07) is 9.09. The molecule has 0 unspecified atom stereocenters. The number of para-hydroxylation sites is 1. The summed E-state index contributed by atoms with van der Waals surface area (Å²) in [6.45, 7) is 4.16. The zero-order valence-corrected chi connectivity index (χ0v) is 18.3. The lowest BCUT2D eigenvalue weighted by Crippen LogP contribution is -2.43. The summed E-state index contributed by atoms with van der Waals surface area (Å²) >= 11 is 1.12. The lowest BCUT2D eigenvalue weighted by molar-refractivity contribution is -0.120. The van der Waals surface area contributed by atoms with Crippen LogP contribution in [-0.4, -0.2) is 41.9 Å². The van der Waals surface area contributed by atoms with Crippen molar-refractivity contribution in [3.05, 3.63) is 47.2 Å². The molecule has 1 amide bonds. The second-order valence-electron chi connectivity index (χ2n) is 7.30. The molecule has 158 valence electrons. The highest BCUT2D eigenvalue weighted by atomic mass is 32.2. The van der Waals surface area contributed by atoms with Gasteiger partial charge >= 0.3 is 0 Å². The highest BCUT2D eigenvalue weighted by molar-refractivity contribution is 7.91. The largest absolute Gasteiger partial charge is 0.339 e. The Morgan fingerprint density at radius 3 is 2.83 bits per heavy atom. The maximum Gasteiger partial charge on any atom is 0.252 e. The Hall–Kier alpha value is -2.56. The van der Waals surface area contributed by atoms with Crippen molar-refractivity contribution in [2.45, 2.75) is 30.9 Å². The Morgan fingerprint density at radius 2 is 2.10 bits per heavy atom. The van der Waals surface area contributed by atoms with Gasteiger partial charge in [-0.05, 0) is 37.5 Å². The third-order valence-electron chi connectivity index (χ3n) is 5.11. The minimum Gasteiger partial charge on any atom is -0.339 e. The van der Waals surface area contributed by atoms with Crippen molar-refractivity contribution in [2.24, 2.45) is 5.92 Å². The molecular weight excluding hydrogens is 424 g/mol. The molecule has 3 aromatic rings. The van der Waals surface area contributed by atoms with Gasteiger partial charge in [0, 0.05) is 36.6 Å². The van der Waals surface area contributed by atoms with Gasteiger partial charge in [-0.15, -0.1) is 11.3 Å². The van der Waals surface area contributed by atoms with E-state index in [0.29, 0.717) is 36.7 Å². The fourth-order valence-electron chi connectivity index (χ4n) is 3.44. The van der Waals surface area contributed by atoms with Crippen molar-refractivity contribution in [3.8, 4) is 11.4 Å². The Kier molecular flexibility index (Phi) is 5.72. The average Bonchev–Trinajstić information content (AvgIpc) is 3.39. The van der Waals surface area contributed by atoms with Gasteiger partial charge in [0.2, 0.25) is 17.6 Å². The summed E-state index contributed by atoms with van der Waals surface area (Å²) in [7, 11) is -3.70. The number of amides is 1. The molecule has 1 aromatic carbocycles. The topological polar surface area (TPSA) is 105 Å². The van der Waals surface area contributed by atoms with E-state index in [1.54, 1.807) is 18.4 Å². The molecule has 0 spiro atoms. The fourth-order valence-corrected chi connectivity index (χ4v) is 6.27. The van der Waals surface area contributed by atoms with Crippen molar-refractivity contribution < 1.29 is 17.7 Å². The van der Waals surface area contributed by atoms with Crippen molar-refractivity contribution in [1.29, 1.82) is 0 Å². The van der Waals surface area contributed by atoms with E-state index in [1.165, 1.54) is 4.31 Å². The van der Waals surface area contributed by atoms with E-state index in [-0.39, 0.29) is 16.7 Å². The summed E-state index contributed by atoms with van der Waals surface area (Å²) < 4.78 is 32.9. The van der Waals surface area contributed by atoms with Crippen LogP contribution in [-0.2, 0) is 14.8 Å². The molecule has 1 aliphatic rings. The van der Waals surface area contributed by atoms with Crippen LogP contribution in [0.1, 0.15) is 24.3 Å². The number of carbonyl (C=O) groups excluding carboxylic acids is 1. The number of aryl methyl sites for hydroxylation is 2. The predicted molar refractivity (Wildman–Crippen MR) is 114 cm³/mol. The van der Waals surface area contributed by atoms with Crippen LogP contribution in [0.25, 0.3) is 11.4 Å². The van der Waals surface area contributed by atoms with Crippen molar-refractivity contribution in [2.75, 3.05) is 18.4 Å². The van der Waals surface area contributed by atoms with E-state index in [9.17, 15) is 13.2 Å². The molecule has 2 aromatic heterocycles. The van der Waals surface area contributed by atoms with Gasteiger partial charge in [0.15, 0.2) is 0 Å². The van der Waals surface area contributed by atoms with Crippen LogP contribution in [0.5, 0.6) is 0 Å². The number of nitrogens with one attached hydrogen (secondary N) is 1. The number of hydrogen-bond acceptors (Lipinski definition) is 7. The predicted octanol–water partition coefficient (Wildman–Crippen LogP) is 3.45. The first kappa shape index (κ1) is 20.7. The molecule has 1 N–H and O–H groups in total. The molecule has 1 fully saturated rings. The molecule has 8 nitrogen and oxygen atoms in total. The van der Waals surface area contributed by atoms with Crippen LogP contribution >= 0.6 is 11.3 Å². The van der Waals surface area contributed by atoms with Crippen molar-refractivity contribution in [1.82, 2.24) is 14.4 Å². The van der Waals surface area contributed by atoms with Gasteiger partial charge in [-0.1, -0.05) is 23.4 Å². The van der Waals surface area contributed by atoms with Crippen LogP contribution in [0.3, 0.4) is 0 Å². The Labute approximate surface area is 179 Å². The molecule has 4 rings (SSSR count). The molecule has 1 atom stereocenters. The summed E-state index contributed by atoms with van der Waals surface area (Å²) in [5, 5.41) is 8.47. The van der Waals surface area contributed by atoms with Crippen LogP contribution in [0.2, 0.25) is 0 Å². The first-order valence-electron chi connectivity index (χ1n) is 9.60. The van der Waals surface area contributed by atoms with E-state index in [4.69, 9.17) is 4.52 Å². The summed E-state index contributed by atoms with van der Waals surface area (Å²) in [5.74, 6) is 0.226. The number of benzene rings is 1. The quantitative estimate of drug-likeness (QED) is 0.643. The van der Waals surface area contributed by atoms with Gasteiger partial charge < -0.3 is 9.84 Å². The molecule has 3 heterocycles. The number of sulfonamides is 1. The van der Waals surface area contributed by atoms with Crippen LogP contribution in [0.4, 0.5) is 5.69 Å². The van der Waals surface area contributed by atoms with Gasteiger partial charge in [0.1, 0.15) is 4.21 Å². The van der Waals surface area contributed by atoms with Crippen LogP contribution in [0, 0.1) is 19.8 Å². The van der Waals surface area contributed by atoms with Crippen LogP contribution < -0.4 is 5.32 Å². The minimum absolute atomic E-state index is 0.154. The maximum atomic E-state index is 13.2. The SMILES string of the molecule is Cc1nc(-c2csc(S(=O)(=O)N3CCC[C@H](C(=O)Nc4ccccc4C)C3)c2)no1. The second kappa shape index (κ2) is 8.29. The highest BCUT2D eigenvalue weighted by Crippen LogP contribution is 2.31. The van der Waals surface area contributed by atoms with Gasteiger partial charge in [-0.25, -0.2) is 8.42 Å². The Morgan fingerprint density at radius 1 is 1.30 bits per heavy atom. The van der Waals surface area contributed by atoms with Gasteiger partial charge in [-0.3, -0.25) is 4.79 Å². The number of piperidine rings is 1. The second-order valence-corrected chi connectivity index (χ2v) is 10.4.